The van der Waals surface area contributed by atoms with Gasteiger partial charge < -0.3 is 0 Å². The van der Waals surface area contributed by atoms with Gasteiger partial charge in [0.15, 0.2) is 0 Å². The predicted octanol–water partition coefficient (Wildman–Crippen LogP) is 4.94. The molecular weight excluding hydrogens is 312 g/mol. The second kappa shape index (κ2) is 6.03. The van der Waals surface area contributed by atoms with Gasteiger partial charge in [0.2, 0.25) is 0 Å². The minimum atomic E-state index is 0.689. The van der Waals surface area contributed by atoms with E-state index in [2.05, 4.69) is 26.5 Å². The van der Waals surface area contributed by atoms with Crippen LogP contribution >= 0.6 is 27.5 Å². The van der Waals surface area contributed by atoms with E-state index in [0.29, 0.717) is 5.02 Å². The molecule has 2 nitrogen and oxygen atoms in total. The Morgan fingerprint density at radius 2 is 1.94 bits per heavy atom. The van der Waals surface area contributed by atoms with Crippen LogP contribution in [0.3, 0.4) is 0 Å². The van der Waals surface area contributed by atoms with Crippen LogP contribution in [0.2, 0.25) is 5.02 Å². The minimum Gasteiger partial charge on any atom is -0.278 e. The Morgan fingerprint density at radius 3 is 2.67 bits per heavy atom. The second-order valence-corrected chi connectivity index (χ2v) is 5.09. The van der Waals surface area contributed by atoms with Gasteiger partial charge in [-0.3, -0.25) is 5.43 Å². The Labute approximate surface area is 120 Å². The van der Waals surface area contributed by atoms with Crippen molar-refractivity contribution in [2.45, 2.75) is 6.92 Å². The smallest absolute Gasteiger partial charge is 0.0659 e. The fourth-order valence-electron chi connectivity index (χ4n) is 1.52. The third kappa shape index (κ3) is 3.34. The topological polar surface area (TPSA) is 24.4 Å². The van der Waals surface area contributed by atoms with E-state index in [1.165, 1.54) is 0 Å². The molecule has 0 radical (unpaired) electrons. The summed E-state index contributed by atoms with van der Waals surface area (Å²) in [4.78, 5) is 0. The molecule has 0 spiro atoms. The quantitative estimate of drug-likeness (QED) is 0.628. The highest BCUT2D eigenvalue weighted by molar-refractivity contribution is 9.10. The van der Waals surface area contributed by atoms with E-state index < -0.39 is 0 Å². The lowest BCUT2D eigenvalue weighted by molar-refractivity contribution is 1.32. The monoisotopic (exact) mass is 322 g/mol. The molecule has 0 aliphatic carbocycles. The largest absolute Gasteiger partial charge is 0.278 e. The van der Waals surface area contributed by atoms with Crippen LogP contribution in [-0.4, -0.2) is 5.71 Å². The van der Waals surface area contributed by atoms with Gasteiger partial charge in [0, 0.05) is 15.1 Å². The molecule has 0 heterocycles. The molecule has 0 saturated carbocycles. The number of nitrogens with zero attached hydrogens (tertiary/aromatic N) is 1. The van der Waals surface area contributed by atoms with Crippen molar-refractivity contribution in [2.75, 3.05) is 5.43 Å². The zero-order chi connectivity index (χ0) is 13.0. The molecule has 2 aromatic carbocycles. The van der Waals surface area contributed by atoms with Crippen LogP contribution in [0.25, 0.3) is 0 Å². The number of benzene rings is 2. The molecule has 92 valence electrons. The molecule has 0 aliphatic heterocycles. The van der Waals surface area contributed by atoms with E-state index in [4.69, 9.17) is 11.6 Å². The number of nitrogens with one attached hydrogen (secondary N) is 1. The van der Waals surface area contributed by atoms with E-state index in [1.807, 2.05) is 55.5 Å². The first-order chi connectivity index (χ1) is 8.66. The zero-order valence-electron chi connectivity index (χ0n) is 9.82. The molecule has 0 bridgehead atoms. The van der Waals surface area contributed by atoms with Crippen LogP contribution in [0.4, 0.5) is 5.69 Å². The number of hydrogen-bond acceptors (Lipinski definition) is 2. The molecule has 0 fully saturated rings. The van der Waals surface area contributed by atoms with Crippen LogP contribution in [0.5, 0.6) is 0 Å². The van der Waals surface area contributed by atoms with E-state index in [1.54, 1.807) is 0 Å². The summed E-state index contributed by atoms with van der Waals surface area (Å²) in [6, 6.07) is 15.4. The Bertz CT molecular complexity index is 582. The summed E-state index contributed by atoms with van der Waals surface area (Å²) < 4.78 is 1.03. The maximum Gasteiger partial charge on any atom is 0.0659 e. The molecule has 2 aromatic rings. The van der Waals surface area contributed by atoms with Gasteiger partial charge in [0.25, 0.3) is 0 Å². The van der Waals surface area contributed by atoms with Crippen molar-refractivity contribution < 1.29 is 0 Å². The van der Waals surface area contributed by atoms with E-state index in [-0.39, 0.29) is 0 Å². The number of anilines is 1. The summed E-state index contributed by atoms with van der Waals surface area (Å²) in [6.07, 6.45) is 0. The van der Waals surface area contributed by atoms with Gasteiger partial charge in [-0.25, -0.2) is 0 Å². The highest BCUT2D eigenvalue weighted by Crippen LogP contribution is 2.18. The van der Waals surface area contributed by atoms with Gasteiger partial charge in [0.05, 0.1) is 11.4 Å². The van der Waals surface area contributed by atoms with Crippen LogP contribution in [0, 0.1) is 0 Å². The first kappa shape index (κ1) is 13.1. The van der Waals surface area contributed by atoms with Crippen LogP contribution < -0.4 is 5.43 Å². The van der Waals surface area contributed by atoms with E-state index in [0.717, 1.165) is 21.4 Å². The van der Waals surface area contributed by atoms with Gasteiger partial charge in [-0.15, -0.1) is 0 Å². The normalized spacial score (nSPS) is 11.4. The molecule has 2 rings (SSSR count). The summed E-state index contributed by atoms with van der Waals surface area (Å²) in [5.74, 6) is 0. The molecule has 4 heteroatoms. The predicted molar refractivity (Wildman–Crippen MR) is 81.4 cm³/mol. The average Bonchev–Trinajstić information content (AvgIpc) is 2.37. The van der Waals surface area contributed by atoms with Gasteiger partial charge in [-0.1, -0.05) is 51.8 Å². The fourth-order valence-corrected chi connectivity index (χ4v) is 2.28. The summed E-state index contributed by atoms with van der Waals surface area (Å²) in [6.45, 7) is 1.96. The van der Waals surface area contributed by atoms with Crippen molar-refractivity contribution in [3.05, 3.63) is 63.6 Å². The SMILES string of the molecule is C/C(=N/Nc1cccc(Cl)c1)c1ccccc1Br. The first-order valence-corrected chi connectivity index (χ1v) is 6.64. The molecule has 0 unspecified atom stereocenters. The summed E-state index contributed by atoms with van der Waals surface area (Å²) in [5.41, 5.74) is 5.83. The molecule has 0 amide bonds. The van der Waals surface area contributed by atoms with Crippen molar-refractivity contribution in [1.29, 1.82) is 0 Å². The highest BCUT2D eigenvalue weighted by atomic mass is 79.9. The summed E-state index contributed by atoms with van der Waals surface area (Å²) in [7, 11) is 0. The van der Waals surface area contributed by atoms with Gasteiger partial charge >= 0.3 is 0 Å². The minimum absolute atomic E-state index is 0.689. The highest BCUT2D eigenvalue weighted by Gasteiger charge is 2.01. The molecular formula is C14H12BrClN2. The standard InChI is InChI=1S/C14H12BrClN2/c1-10(13-7-2-3-8-14(13)15)17-18-12-6-4-5-11(16)9-12/h2-9,18H,1H3/b17-10-. The molecule has 0 saturated heterocycles. The molecule has 0 atom stereocenters. The van der Waals surface area contributed by atoms with Crippen molar-refractivity contribution in [2.24, 2.45) is 5.10 Å². The van der Waals surface area contributed by atoms with Gasteiger partial charge in [-0.2, -0.15) is 5.10 Å². The third-order valence-corrected chi connectivity index (χ3v) is 3.37. The molecule has 0 aliphatic rings. The average molecular weight is 324 g/mol. The second-order valence-electron chi connectivity index (χ2n) is 3.80. The lowest BCUT2D eigenvalue weighted by Crippen LogP contribution is -2.00. The fraction of sp³-hybridized carbons (Fsp3) is 0.0714. The maximum absolute atomic E-state index is 5.91. The van der Waals surface area contributed by atoms with Crippen LogP contribution in [0.15, 0.2) is 58.1 Å². The Kier molecular flexibility index (Phi) is 4.39. The Hall–Kier alpha value is -1.32. The lowest BCUT2D eigenvalue weighted by Gasteiger charge is -2.05. The van der Waals surface area contributed by atoms with Crippen molar-refractivity contribution in [3.63, 3.8) is 0 Å². The van der Waals surface area contributed by atoms with Crippen LogP contribution in [-0.2, 0) is 0 Å². The maximum atomic E-state index is 5.91. The van der Waals surface area contributed by atoms with Gasteiger partial charge in [-0.05, 0) is 31.2 Å². The third-order valence-electron chi connectivity index (χ3n) is 2.44. The van der Waals surface area contributed by atoms with Gasteiger partial charge in [0.1, 0.15) is 0 Å². The van der Waals surface area contributed by atoms with Crippen LogP contribution in [0.1, 0.15) is 12.5 Å². The summed E-state index contributed by atoms with van der Waals surface area (Å²) in [5, 5.41) is 5.03. The number of hydrazone groups is 1. The van der Waals surface area contributed by atoms with E-state index in [9.17, 15) is 0 Å². The van der Waals surface area contributed by atoms with Crippen molar-refractivity contribution in [3.8, 4) is 0 Å². The number of rotatable bonds is 3. The number of halogens is 2. The Balaban J connectivity index is 2.17. The van der Waals surface area contributed by atoms with Crippen molar-refractivity contribution >= 4 is 38.9 Å². The Morgan fingerprint density at radius 1 is 1.17 bits per heavy atom. The lowest BCUT2D eigenvalue weighted by atomic mass is 10.1. The van der Waals surface area contributed by atoms with E-state index >= 15 is 0 Å². The zero-order valence-corrected chi connectivity index (χ0v) is 12.2. The number of hydrogen-bond donors (Lipinski definition) is 1. The first-order valence-electron chi connectivity index (χ1n) is 5.47. The molecule has 1 N–H and O–H groups in total. The molecule has 0 aromatic heterocycles. The van der Waals surface area contributed by atoms with Crippen molar-refractivity contribution in [1.82, 2.24) is 0 Å². The summed E-state index contributed by atoms with van der Waals surface area (Å²) >= 11 is 9.41. The molecule has 18 heavy (non-hydrogen) atoms.